The van der Waals surface area contributed by atoms with Crippen LogP contribution in [-0.4, -0.2) is 25.2 Å². The minimum atomic E-state index is -3.71. The lowest BCUT2D eigenvalue weighted by atomic mass is 9.97. The summed E-state index contributed by atoms with van der Waals surface area (Å²) in [6, 6.07) is 10.8. The summed E-state index contributed by atoms with van der Waals surface area (Å²) >= 11 is 0. The zero-order chi connectivity index (χ0) is 15.3. The van der Waals surface area contributed by atoms with Gasteiger partial charge in [-0.2, -0.15) is 0 Å². The lowest BCUT2D eigenvalue weighted by Gasteiger charge is -2.25. The van der Waals surface area contributed by atoms with Crippen LogP contribution in [-0.2, 0) is 15.4 Å². The first kappa shape index (κ1) is 14.1. The van der Waals surface area contributed by atoms with Crippen LogP contribution in [0.25, 0.3) is 0 Å². The van der Waals surface area contributed by atoms with Gasteiger partial charge in [0.1, 0.15) is 26.9 Å². The summed E-state index contributed by atoms with van der Waals surface area (Å²) in [5.74, 6) is 0.498. The van der Waals surface area contributed by atoms with Gasteiger partial charge in [-0.3, -0.25) is 0 Å². The van der Waals surface area contributed by atoms with Gasteiger partial charge in [0.2, 0.25) is 9.84 Å². The zero-order valence-corrected chi connectivity index (χ0v) is 12.1. The van der Waals surface area contributed by atoms with Crippen molar-refractivity contribution in [3.8, 4) is 11.5 Å². The van der Waals surface area contributed by atoms with Gasteiger partial charge in [0, 0.05) is 0 Å². The van der Waals surface area contributed by atoms with Gasteiger partial charge in [-0.05, 0) is 36.8 Å². The van der Waals surface area contributed by atoms with Gasteiger partial charge in [0.15, 0.2) is 0 Å². The Balaban J connectivity index is 2.22. The molecule has 0 saturated carbocycles. The highest BCUT2D eigenvalue weighted by Crippen LogP contribution is 2.43. The van der Waals surface area contributed by atoms with E-state index in [0.29, 0.717) is 5.56 Å². The van der Waals surface area contributed by atoms with Crippen molar-refractivity contribution in [3.05, 3.63) is 48.0 Å². The first-order valence-electron chi connectivity index (χ1n) is 6.36. The van der Waals surface area contributed by atoms with Crippen LogP contribution in [0.2, 0.25) is 0 Å². The van der Waals surface area contributed by atoms with Gasteiger partial charge >= 0.3 is 0 Å². The van der Waals surface area contributed by atoms with Crippen molar-refractivity contribution in [2.24, 2.45) is 0 Å². The summed E-state index contributed by atoms with van der Waals surface area (Å²) in [5.41, 5.74) is -1.20. The summed E-state index contributed by atoms with van der Waals surface area (Å²) in [6.07, 6.45) is 0. The number of hydrogen-bond acceptors (Lipinski definition) is 5. The molecule has 21 heavy (non-hydrogen) atoms. The summed E-state index contributed by atoms with van der Waals surface area (Å²) in [7, 11) is -3.71. The molecule has 110 valence electrons. The second kappa shape index (κ2) is 4.56. The van der Waals surface area contributed by atoms with E-state index < -0.39 is 22.0 Å². The minimum Gasteiger partial charge on any atom is -0.455 e. The van der Waals surface area contributed by atoms with Crippen molar-refractivity contribution < 1.29 is 23.4 Å². The third-order valence-electron chi connectivity index (χ3n) is 3.52. The number of benzene rings is 2. The summed E-state index contributed by atoms with van der Waals surface area (Å²) in [5, 5.41) is 19.3. The molecule has 0 bridgehead atoms. The largest absolute Gasteiger partial charge is 0.455 e. The van der Waals surface area contributed by atoms with Crippen molar-refractivity contribution >= 4 is 9.84 Å². The van der Waals surface area contributed by atoms with Crippen LogP contribution in [0.4, 0.5) is 0 Å². The molecule has 5 nitrogen and oxygen atoms in total. The maximum Gasteiger partial charge on any atom is 0.213 e. The topological polar surface area (TPSA) is 83.8 Å². The van der Waals surface area contributed by atoms with Crippen molar-refractivity contribution in [2.45, 2.75) is 22.3 Å². The molecule has 1 heterocycles. The van der Waals surface area contributed by atoms with Gasteiger partial charge in [-0.25, -0.2) is 8.42 Å². The van der Waals surface area contributed by atoms with Crippen LogP contribution in [0.15, 0.2) is 52.3 Å². The molecule has 0 radical (unpaired) electrons. The molecule has 1 aliphatic heterocycles. The highest BCUT2D eigenvalue weighted by atomic mass is 32.2. The molecule has 0 aromatic heterocycles. The van der Waals surface area contributed by atoms with Gasteiger partial charge in [-0.15, -0.1) is 0 Å². The molecule has 0 fully saturated rings. The third-order valence-corrected chi connectivity index (χ3v) is 5.34. The van der Waals surface area contributed by atoms with E-state index in [1.807, 2.05) is 0 Å². The maximum atomic E-state index is 12.6. The fourth-order valence-corrected chi connectivity index (χ4v) is 3.75. The van der Waals surface area contributed by atoms with Crippen LogP contribution in [0, 0.1) is 0 Å². The quantitative estimate of drug-likeness (QED) is 0.754. The van der Waals surface area contributed by atoms with Crippen molar-refractivity contribution in [3.63, 3.8) is 0 Å². The molecule has 1 unspecified atom stereocenters. The van der Waals surface area contributed by atoms with E-state index in [9.17, 15) is 18.6 Å². The average Bonchev–Trinajstić information content (AvgIpc) is 2.47. The first-order chi connectivity index (χ1) is 9.86. The van der Waals surface area contributed by atoms with Crippen LogP contribution in [0.3, 0.4) is 0 Å². The maximum absolute atomic E-state index is 12.6. The smallest absolute Gasteiger partial charge is 0.213 e. The molecule has 0 spiro atoms. The Bertz CT molecular complexity index is 809. The molecular formula is C15H14O5S. The molecule has 2 aromatic rings. The van der Waals surface area contributed by atoms with Crippen LogP contribution in [0.1, 0.15) is 12.5 Å². The standard InChI is InChI=1S/C15H14O5S/c1-15(17,9-16)10-6-7-12-14(8-10)21(18,19)13-5-3-2-4-11(13)20-12/h2-8,16-17H,9H2,1H3. The fraction of sp³-hybridized carbons (Fsp3) is 0.200. The molecule has 2 aromatic carbocycles. The molecule has 1 atom stereocenters. The van der Waals surface area contributed by atoms with E-state index in [1.165, 1.54) is 25.1 Å². The average molecular weight is 306 g/mol. The van der Waals surface area contributed by atoms with E-state index in [0.717, 1.165) is 0 Å². The Hall–Kier alpha value is -1.89. The minimum absolute atomic E-state index is 0.00701. The molecule has 0 amide bonds. The van der Waals surface area contributed by atoms with E-state index in [1.54, 1.807) is 24.3 Å². The molecule has 3 rings (SSSR count). The van der Waals surface area contributed by atoms with Gasteiger partial charge in [0.25, 0.3) is 0 Å². The number of sulfone groups is 1. The van der Waals surface area contributed by atoms with Crippen LogP contribution >= 0.6 is 0 Å². The zero-order valence-electron chi connectivity index (χ0n) is 11.3. The van der Waals surface area contributed by atoms with Gasteiger partial charge in [-0.1, -0.05) is 18.2 Å². The van der Waals surface area contributed by atoms with Gasteiger partial charge < -0.3 is 14.9 Å². The number of para-hydroxylation sites is 1. The van der Waals surface area contributed by atoms with Gasteiger partial charge in [0.05, 0.1) is 6.61 Å². The Morgan fingerprint density at radius 3 is 2.48 bits per heavy atom. The number of aliphatic hydroxyl groups excluding tert-OH is 1. The number of rotatable bonds is 2. The van der Waals surface area contributed by atoms with E-state index in [-0.39, 0.29) is 21.3 Å². The molecular weight excluding hydrogens is 292 g/mol. The summed E-state index contributed by atoms with van der Waals surface area (Å²) < 4.78 is 30.9. The number of fused-ring (bicyclic) bond motifs is 2. The van der Waals surface area contributed by atoms with Crippen molar-refractivity contribution in [2.75, 3.05) is 6.61 Å². The Kier molecular flexibility index (Phi) is 3.05. The summed E-state index contributed by atoms with van der Waals surface area (Å²) in [4.78, 5) is 0.0886. The van der Waals surface area contributed by atoms with Crippen molar-refractivity contribution in [1.82, 2.24) is 0 Å². The Morgan fingerprint density at radius 2 is 1.76 bits per heavy atom. The predicted molar refractivity (Wildman–Crippen MR) is 75.1 cm³/mol. The van der Waals surface area contributed by atoms with E-state index in [2.05, 4.69) is 0 Å². The SMILES string of the molecule is CC(O)(CO)c1ccc2c(c1)S(=O)(=O)c1ccccc1O2. The highest BCUT2D eigenvalue weighted by molar-refractivity contribution is 7.91. The second-order valence-corrected chi connectivity index (χ2v) is 7.03. The van der Waals surface area contributed by atoms with E-state index >= 15 is 0 Å². The third kappa shape index (κ3) is 2.12. The lowest BCUT2D eigenvalue weighted by Crippen LogP contribution is -2.26. The Labute approximate surface area is 122 Å². The highest BCUT2D eigenvalue weighted by Gasteiger charge is 2.33. The van der Waals surface area contributed by atoms with Crippen molar-refractivity contribution in [1.29, 1.82) is 0 Å². The molecule has 0 aliphatic carbocycles. The lowest BCUT2D eigenvalue weighted by molar-refractivity contribution is -0.00249. The number of hydrogen-bond donors (Lipinski definition) is 2. The molecule has 2 N–H and O–H groups in total. The normalized spacial score (nSPS) is 18.0. The molecule has 0 saturated heterocycles. The monoisotopic (exact) mass is 306 g/mol. The Morgan fingerprint density at radius 1 is 1.10 bits per heavy atom. The molecule has 1 aliphatic rings. The fourth-order valence-electron chi connectivity index (χ4n) is 2.22. The predicted octanol–water partition coefficient (Wildman–Crippen LogP) is 1.82. The number of aliphatic hydroxyl groups is 2. The van der Waals surface area contributed by atoms with E-state index in [4.69, 9.17) is 4.74 Å². The van der Waals surface area contributed by atoms with Crippen LogP contribution < -0.4 is 4.74 Å². The van der Waals surface area contributed by atoms with Crippen LogP contribution in [0.5, 0.6) is 11.5 Å². The first-order valence-corrected chi connectivity index (χ1v) is 7.84. The second-order valence-electron chi connectivity index (χ2n) is 5.15. The number of ether oxygens (including phenoxy) is 1. The molecule has 6 heteroatoms. The summed E-state index contributed by atoms with van der Waals surface area (Å²) in [6.45, 7) is 0.905.